The maximum atomic E-state index is 12.1. The van der Waals surface area contributed by atoms with E-state index in [-0.39, 0.29) is 18.0 Å². The first-order chi connectivity index (χ1) is 8.26. The summed E-state index contributed by atoms with van der Waals surface area (Å²) in [6, 6.07) is -0.513. The highest BCUT2D eigenvalue weighted by molar-refractivity contribution is 5.75. The molecule has 1 N–H and O–H groups in total. The van der Waals surface area contributed by atoms with Gasteiger partial charge in [-0.1, -0.05) is 20.3 Å². The Hall–Kier alpha value is -0.940. The van der Waals surface area contributed by atoms with Crippen molar-refractivity contribution >= 4 is 6.03 Å². The Kier molecular flexibility index (Phi) is 4.87. The van der Waals surface area contributed by atoms with Crippen molar-refractivity contribution in [1.82, 2.24) is 10.2 Å². The molecule has 6 heteroatoms. The molecule has 0 spiro atoms. The highest BCUT2D eigenvalue weighted by Crippen LogP contribution is 2.31. The maximum absolute atomic E-state index is 12.1. The summed E-state index contributed by atoms with van der Waals surface area (Å²) in [6.45, 7) is 4.67. The molecular weight excluding hydrogens is 245 g/mol. The van der Waals surface area contributed by atoms with Crippen molar-refractivity contribution in [2.75, 3.05) is 6.54 Å². The second-order valence-electron chi connectivity index (χ2n) is 5.04. The summed E-state index contributed by atoms with van der Waals surface area (Å²) in [5.74, 6) is 0.280. The van der Waals surface area contributed by atoms with Gasteiger partial charge in [-0.3, -0.25) is 0 Å². The smallest absolute Gasteiger partial charge is 0.329 e. The van der Waals surface area contributed by atoms with E-state index >= 15 is 0 Å². The normalized spacial score (nSPS) is 19.2. The van der Waals surface area contributed by atoms with Crippen molar-refractivity contribution in [3.05, 3.63) is 0 Å². The van der Waals surface area contributed by atoms with Gasteiger partial charge in [0, 0.05) is 12.1 Å². The topological polar surface area (TPSA) is 32.3 Å². The number of hydrogen-bond acceptors (Lipinski definition) is 1. The summed E-state index contributed by atoms with van der Waals surface area (Å²) in [4.78, 5) is 13.4. The summed E-state index contributed by atoms with van der Waals surface area (Å²) >= 11 is 0. The minimum absolute atomic E-state index is 0.0317. The minimum atomic E-state index is -4.36. The summed E-state index contributed by atoms with van der Waals surface area (Å²) in [7, 11) is 0. The fourth-order valence-electron chi connectivity index (χ4n) is 1.92. The number of rotatable bonds is 5. The van der Waals surface area contributed by atoms with Crippen LogP contribution in [0.5, 0.6) is 0 Å². The molecule has 0 aliphatic heterocycles. The second-order valence-corrected chi connectivity index (χ2v) is 5.04. The zero-order chi connectivity index (χ0) is 13.9. The molecule has 0 aromatic rings. The van der Waals surface area contributed by atoms with Crippen LogP contribution in [0.15, 0.2) is 0 Å². The lowest BCUT2D eigenvalue weighted by Gasteiger charge is -2.33. The first-order valence-corrected chi connectivity index (χ1v) is 6.39. The van der Waals surface area contributed by atoms with E-state index in [2.05, 4.69) is 0 Å². The van der Waals surface area contributed by atoms with E-state index in [1.165, 1.54) is 0 Å². The van der Waals surface area contributed by atoms with Gasteiger partial charge in [-0.25, -0.2) is 4.79 Å². The number of halogens is 3. The predicted octanol–water partition coefficient (Wildman–Crippen LogP) is 3.16. The molecule has 3 nitrogen and oxygen atoms in total. The predicted molar refractivity (Wildman–Crippen MR) is 63.2 cm³/mol. The van der Waals surface area contributed by atoms with Crippen LogP contribution in [-0.4, -0.2) is 35.7 Å². The third-order valence-electron chi connectivity index (χ3n) is 3.52. The number of hydrogen-bond donors (Lipinski definition) is 1. The van der Waals surface area contributed by atoms with Gasteiger partial charge in [0.15, 0.2) is 0 Å². The highest BCUT2D eigenvalue weighted by Gasteiger charge is 2.38. The van der Waals surface area contributed by atoms with Crippen LogP contribution in [-0.2, 0) is 0 Å². The SMILES string of the molecule is CC[C@H](C)[C@@H](C)N(C(=O)NCC(F)(F)F)C1CC1. The van der Waals surface area contributed by atoms with E-state index in [1.807, 2.05) is 26.1 Å². The van der Waals surface area contributed by atoms with Gasteiger partial charge in [-0.2, -0.15) is 13.2 Å². The van der Waals surface area contributed by atoms with Gasteiger partial charge < -0.3 is 10.2 Å². The molecule has 2 amide bonds. The first-order valence-electron chi connectivity index (χ1n) is 6.39. The van der Waals surface area contributed by atoms with Gasteiger partial charge in [0.1, 0.15) is 6.54 Å². The molecule has 1 aliphatic rings. The van der Waals surface area contributed by atoms with E-state index < -0.39 is 18.8 Å². The third kappa shape index (κ3) is 4.38. The van der Waals surface area contributed by atoms with Crippen LogP contribution in [0.3, 0.4) is 0 Å². The van der Waals surface area contributed by atoms with Crippen molar-refractivity contribution in [2.24, 2.45) is 5.92 Å². The van der Waals surface area contributed by atoms with Crippen molar-refractivity contribution in [3.8, 4) is 0 Å². The number of carbonyl (C=O) groups is 1. The Morgan fingerprint density at radius 2 is 1.94 bits per heavy atom. The maximum Gasteiger partial charge on any atom is 0.405 e. The summed E-state index contributed by atoms with van der Waals surface area (Å²) in [5.41, 5.74) is 0. The van der Waals surface area contributed by atoms with Gasteiger partial charge >= 0.3 is 12.2 Å². The molecule has 0 heterocycles. The number of nitrogens with one attached hydrogen (secondary N) is 1. The summed E-state index contributed by atoms with van der Waals surface area (Å²) in [5, 5.41) is 1.97. The van der Waals surface area contributed by atoms with E-state index in [4.69, 9.17) is 0 Å². The molecule has 0 unspecified atom stereocenters. The van der Waals surface area contributed by atoms with E-state index in [0.717, 1.165) is 19.3 Å². The minimum Gasteiger partial charge on any atom is -0.329 e. The van der Waals surface area contributed by atoms with Crippen molar-refractivity contribution in [3.63, 3.8) is 0 Å². The van der Waals surface area contributed by atoms with Gasteiger partial charge in [-0.15, -0.1) is 0 Å². The first kappa shape index (κ1) is 15.1. The Morgan fingerprint density at radius 3 is 2.33 bits per heavy atom. The average Bonchev–Trinajstić information content (AvgIpc) is 3.08. The fourth-order valence-corrected chi connectivity index (χ4v) is 1.92. The van der Waals surface area contributed by atoms with Gasteiger partial charge in [0.2, 0.25) is 0 Å². The van der Waals surface area contributed by atoms with Crippen LogP contribution >= 0.6 is 0 Å². The standard InChI is InChI=1S/C12H21F3N2O/c1-4-8(2)9(3)17(10-5-6-10)11(18)16-7-12(13,14)15/h8-10H,4-7H2,1-3H3,(H,16,18)/t8-,9+/m0/s1. The molecule has 0 radical (unpaired) electrons. The van der Waals surface area contributed by atoms with E-state index in [9.17, 15) is 18.0 Å². The molecule has 106 valence electrons. The van der Waals surface area contributed by atoms with Crippen LogP contribution in [0.25, 0.3) is 0 Å². The van der Waals surface area contributed by atoms with E-state index in [0.29, 0.717) is 0 Å². The fraction of sp³-hybridized carbons (Fsp3) is 0.917. The summed E-state index contributed by atoms with van der Waals surface area (Å²) < 4.78 is 36.3. The average molecular weight is 266 g/mol. The number of amides is 2. The molecular formula is C12H21F3N2O. The Balaban J connectivity index is 2.59. The van der Waals surface area contributed by atoms with Gasteiger partial charge in [-0.05, 0) is 25.7 Å². The van der Waals surface area contributed by atoms with Crippen molar-refractivity contribution < 1.29 is 18.0 Å². The molecule has 0 aromatic heterocycles. The Bertz CT molecular complexity index is 290. The molecule has 0 bridgehead atoms. The third-order valence-corrected chi connectivity index (χ3v) is 3.52. The second kappa shape index (κ2) is 5.80. The number of carbonyl (C=O) groups excluding carboxylic acids is 1. The number of urea groups is 1. The highest BCUT2D eigenvalue weighted by atomic mass is 19.4. The number of alkyl halides is 3. The van der Waals surface area contributed by atoms with E-state index in [1.54, 1.807) is 4.90 Å². The Labute approximate surface area is 106 Å². The van der Waals surface area contributed by atoms with Crippen LogP contribution < -0.4 is 5.32 Å². The van der Waals surface area contributed by atoms with Crippen LogP contribution in [0.2, 0.25) is 0 Å². The monoisotopic (exact) mass is 266 g/mol. The quantitative estimate of drug-likeness (QED) is 0.814. The zero-order valence-corrected chi connectivity index (χ0v) is 11.0. The molecule has 1 fully saturated rings. The zero-order valence-electron chi connectivity index (χ0n) is 11.0. The number of nitrogens with zero attached hydrogens (tertiary/aromatic N) is 1. The molecule has 18 heavy (non-hydrogen) atoms. The molecule has 2 atom stereocenters. The molecule has 1 rings (SSSR count). The van der Waals surface area contributed by atoms with Crippen molar-refractivity contribution in [2.45, 2.75) is 58.3 Å². The van der Waals surface area contributed by atoms with Gasteiger partial charge in [0.05, 0.1) is 0 Å². The molecule has 1 aliphatic carbocycles. The van der Waals surface area contributed by atoms with Crippen LogP contribution in [0, 0.1) is 5.92 Å². The van der Waals surface area contributed by atoms with Gasteiger partial charge in [0.25, 0.3) is 0 Å². The Morgan fingerprint density at radius 1 is 1.39 bits per heavy atom. The van der Waals surface area contributed by atoms with Crippen LogP contribution in [0.1, 0.15) is 40.0 Å². The molecule has 0 saturated heterocycles. The molecule has 1 saturated carbocycles. The lowest BCUT2D eigenvalue weighted by molar-refractivity contribution is -0.123. The van der Waals surface area contributed by atoms with Crippen LogP contribution in [0.4, 0.5) is 18.0 Å². The largest absolute Gasteiger partial charge is 0.405 e. The molecule has 0 aromatic carbocycles. The van der Waals surface area contributed by atoms with Crippen molar-refractivity contribution in [1.29, 1.82) is 0 Å². The summed E-state index contributed by atoms with van der Waals surface area (Å²) in [6.07, 6.45) is -1.68. The lowest BCUT2D eigenvalue weighted by Crippen LogP contribution is -2.50. The lowest BCUT2D eigenvalue weighted by atomic mass is 9.99.